The van der Waals surface area contributed by atoms with Gasteiger partial charge in [0.05, 0.1) is 11.1 Å². The van der Waals surface area contributed by atoms with Gasteiger partial charge in [0.1, 0.15) is 23.0 Å². The van der Waals surface area contributed by atoms with Gasteiger partial charge in [-0.1, -0.05) is 39.8 Å². The van der Waals surface area contributed by atoms with E-state index >= 15 is 0 Å². The van der Waals surface area contributed by atoms with Crippen LogP contribution < -0.4 is 0 Å². The number of Topliss-reactive ketones (excluding diaryl/α,β-unsaturated/α-hetero) is 2. The largest absolute Gasteiger partial charge is 0.455 e. The lowest BCUT2D eigenvalue weighted by Gasteiger charge is -2.17. The van der Waals surface area contributed by atoms with Crippen molar-refractivity contribution >= 4 is 22.5 Å². The van der Waals surface area contributed by atoms with Crippen LogP contribution in [-0.4, -0.2) is 11.6 Å². The second-order valence-electron chi connectivity index (χ2n) is 9.66. The third-order valence-corrected chi connectivity index (χ3v) is 5.69. The van der Waals surface area contributed by atoms with Gasteiger partial charge in [0.2, 0.25) is 0 Å². The van der Waals surface area contributed by atoms with Crippen LogP contribution in [0.3, 0.4) is 0 Å². The lowest BCUT2D eigenvalue weighted by atomic mass is 9.87. The van der Waals surface area contributed by atoms with Crippen LogP contribution in [0.2, 0.25) is 0 Å². The molecule has 0 bridgehead atoms. The van der Waals surface area contributed by atoms with Crippen molar-refractivity contribution in [3.8, 4) is 22.5 Å². The van der Waals surface area contributed by atoms with Gasteiger partial charge in [-0.15, -0.1) is 0 Å². The molecule has 174 valence electrons. The van der Waals surface area contributed by atoms with E-state index in [1.54, 1.807) is 37.3 Å². The third kappa shape index (κ3) is 4.69. The molecule has 0 N–H and O–H groups in total. The van der Waals surface area contributed by atoms with Crippen LogP contribution in [0, 0.1) is 17.0 Å². The van der Waals surface area contributed by atoms with Gasteiger partial charge in [0.25, 0.3) is 0 Å². The minimum atomic E-state index is -0.553. The van der Waals surface area contributed by atoms with E-state index in [0.29, 0.717) is 33.4 Å². The first-order chi connectivity index (χ1) is 16.1. The molecule has 0 aliphatic carbocycles. The smallest absolute Gasteiger partial charge is 0.167 e. The molecule has 0 unspecified atom stereocenters. The Kier molecular flexibility index (Phi) is 6.22. The van der Waals surface area contributed by atoms with Gasteiger partial charge in [-0.25, -0.2) is 8.78 Å². The van der Waals surface area contributed by atoms with Gasteiger partial charge < -0.3 is 4.42 Å². The van der Waals surface area contributed by atoms with E-state index in [1.807, 2.05) is 32.9 Å². The van der Waals surface area contributed by atoms with Gasteiger partial charge in [-0.05, 0) is 65.1 Å². The standard InChI is InChI=1S/C29H26F2O3/c1-5-24(32)27-22-15-19(9-13-26(22)34-28(27)17-6-10-20(30)11-7-17)18-8-12-23(31)21(14-18)25(33)16-29(2,3)4/h6-15H,5,16H2,1-4H3. The molecule has 4 rings (SSSR count). The maximum atomic E-state index is 14.5. The van der Waals surface area contributed by atoms with Crippen molar-refractivity contribution in [3.63, 3.8) is 0 Å². The van der Waals surface area contributed by atoms with E-state index in [1.165, 1.54) is 18.2 Å². The lowest BCUT2D eigenvalue weighted by Crippen LogP contribution is -2.14. The molecule has 0 aliphatic rings. The number of furan rings is 1. The number of rotatable bonds is 6. The number of carbonyl (C=O) groups is 2. The summed E-state index contributed by atoms with van der Waals surface area (Å²) in [6.07, 6.45) is 0.499. The van der Waals surface area contributed by atoms with E-state index in [-0.39, 0.29) is 41.2 Å². The van der Waals surface area contributed by atoms with Crippen LogP contribution in [0.5, 0.6) is 0 Å². The first-order valence-corrected chi connectivity index (χ1v) is 11.3. The van der Waals surface area contributed by atoms with Crippen LogP contribution >= 0.6 is 0 Å². The minimum absolute atomic E-state index is 0.0524. The van der Waals surface area contributed by atoms with Gasteiger partial charge >= 0.3 is 0 Å². The number of benzene rings is 3. The van der Waals surface area contributed by atoms with Gasteiger partial charge in [0, 0.05) is 23.8 Å². The molecular weight excluding hydrogens is 434 g/mol. The molecule has 0 aliphatic heterocycles. The Morgan fingerprint density at radius 2 is 1.44 bits per heavy atom. The van der Waals surface area contributed by atoms with Gasteiger partial charge in [-0.2, -0.15) is 0 Å². The molecule has 0 saturated heterocycles. The van der Waals surface area contributed by atoms with Crippen molar-refractivity contribution in [2.24, 2.45) is 5.41 Å². The second kappa shape index (κ2) is 8.98. The summed E-state index contributed by atoms with van der Waals surface area (Å²) in [5.41, 5.74) is 2.74. The summed E-state index contributed by atoms with van der Waals surface area (Å²) in [5, 5.41) is 0.621. The molecule has 5 heteroatoms. The average molecular weight is 461 g/mol. The molecule has 3 nitrogen and oxygen atoms in total. The number of hydrogen-bond acceptors (Lipinski definition) is 3. The van der Waals surface area contributed by atoms with E-state index in [4.69, 9.17) is 4.42 Å². The predicted octanol–water partition coefficient (Wildman–Crippen LogP) is 8.26. The van der Waals surface area contributed by atoms with Crippen LogP contribution in [-0.2, 0) is 0 Å². The zero-order valence-corrected chi connectivity index (χ0v) is 19.7. The van der Waals surface area contributed by atoms with E-state index in [2.05, 4.69) is 0 Å². The molecule has 0 radical (unpaired) electrons. The molecule has 1 aromatic heterocycles. The minimum Gasteiger partial charge on any atom is -0.455 e. The average Bonchev–Trinajstić information content (AvgIpc) is 3.17. The summed E-state index contributed by atoms with van der Waals surface area (Å²) >= 11 is 0. The highest BCUT2D eigenvalue weighted by molar-refractivity contribution is 6.12. The molecule has 0 spiro atoms. The molecule has 34 heavy (non-hydrogen) atoms. The highest BCUT2D eigenvalue weighted by Gasteiger charge is 2.23. The molecular formula is C29H26F2O3. The zero-order chi connectivity index (χ0) is 24.6. The predicted molar refractivity (Wildman–Crippen MR) is 130 cm³/mol. The fourth-order valence-electron chi connectivity index (χ4n) is 4.03. The fraction of sp³-hybridized carbons (Fsp3) is 0.241. The second-order valence-corrected chi connectivity index (χ2v) is 9.66. The van der Waals surface area contributed by atoms with Crippen LogP contribution in [0.4, 0.5) is 8.78 Å². The summed E-state index contributed by atoms with van der Waals surface area (Å²) in [6.45, 7) is 7.58. The first kappa shape index (κ1) is 23.6. The van der Waals surface area contributed by atoms with Crippen LogP contribution in [0.25, 0.3) is 33.4 Å². The Morgan fingerprint density at radius 3 is 2.09 bits per heavy atom. The van der Waals surface area contributed by atoms with Crippen molar-refractivity contribution in [1.29, 1.82) is 0 Å². The first-order valence-electron chi connectivity index (χ1n) is 11.3. The fourth-order valence-corrected chi connectivity index (χ4v) is 4.03. The third-order valence-electron chi connectivity index (χ3n) is 5.69. The summed E-state index contributed by atoms with van der Waals surface area (Å²) in [4.78, 5) is 25.6. The van der Waals surface area contributed by atoms with Crippen molar-refractivity contribution in [3.05, 3.63) is 83.4 Å². The van der Waals surface area contributed by atoms with Crippen molar-refractivity contribution < 1.29 is 22.8 Å². The van der Waals surface area contributed by atoms with E-state index in [9.17, 15) is 18.4 Å². The van der Waals surface area contributed by atoms with Crippen LogP contribution in [0.15, 0.2) is 65.1 Å². The van der Waals surface area contributed by atoms with Crippen LogP contribution in [0.1, 0.15) is 61.3 Å². The topological polar surface area (TPSA) is 47.3 Å². The Labute approximate surface area is 197 Å². The maximum absolute atomic E-state index is 14.5. The van der Waals surface area contributed by atoms with Gasteiger partial charge in [-0.3, -0.25) is 9.59 Å². The number of hydrogen-bond donors (Lipinski definition) is 0. The van der Waals surface area contributed by atoms with Crippen molar-refractivity contribution in [2.45, 2.75) is 40.5 Å². The molecule has 0 atom stereocenters. The highest BCUT2D eigenvalue weighted by atomic mass is 19.1. The normalized spacial score (nSPS) is 11.7. The Hall–Kier alpha value is -3.60. The quantitative estimate of drug-likeness (QED) is 0.272. The molecule has 3 aromatic carbocycles. The maximum Gasteiger partial charge on any atom is 0.167 e. The Morgan fingerprint density at radius 1 is 0.824 bits per heavy atom. The molecule has 0 saturated carbocycles. The van der Waals surface area contributed by atoms with Crippen molar-refractivity contribution in [1.82, 2.24) is 0 Å². The molecule has 0 amide bonds. The van der Waals surface area contributed by atoms with E-state index in [0.717, 1.165) is 5.56 Å². The number of halogens is 2. The van der Waals surface area contributed by atoms with Crippen molar-refractivity contribution in [2.75, 3.05) is 0 Å². The Balaban J connectivity index is 1.84. The summed E-state index contributed by atoms with van der Waals surface area (Å²) in [5.74, 6) is -0.896. The number of ketones is 2. The number of fused-ring (bicyclic) bond motifs is 1. The molecule has 0 fully saturated rings. The zero-order valence-electron chi connectivity index (χ0n) is 19.7. The van der Waals surface area contributed by atoms with Gasteiger partial charge in [0.15, 0.2) is 11.6 Å². The summed E-state index contributed by atoms with van der Waals surface area (Å²) < 4.78 is 33.9. The Bertz CT molecular complexity index is 1390. The SMILES string of the molecule is CCC(=O)c1c(-c2ccc(F)cc2)oc2ccc(-c3ccc(F)c(C(=O)CC(C)(C)C)c3)cc12. The monoisotopic (exact) mass is 460 g/mol. The lowest BCUT2D eigenvalue weighted by molar-refractivity contribution is 0.0934. The number of carbonyl (C=O) groups excluding carboxylic acids is 2. The molecule has 4 aromatic rings. The summed E-state index contributed by atoms with van der Waals surface area (Å²) in [6, 6.07) is 15.7. The summed E-state index contributed by atoms with van der Waals surface area (Å²) in [7, 11) is 0. The van der Waals surface area contributed by atoms with E-state index < -0.39 is 5.82 Å². The molecule has 1 heterocycles. The highest BCUT2D eigenvalue weighted by Crippen LogP contribution is 2.37.